The lowest BCUT2D eigenvalue weighted by atomic mass is 10.1. The highest BCUT2D eigenvalue weighted by Gasteiger charge is 2.28. The molecule has 2 N–H and O–H groups in total. The molecule has 0 spiro atoms. The van der Waals surface area contributed by atoms with Crippen molar-refractivity contribution in [2.45, 2.75) is 23.6 Å². The number of alkyl halides is 3. The van der Waals surface area contributed by atoms with Crippen molar-refractivity contribution < 1.29 is 28.2 Å². The average molecular weight is 280 g/mol. The average Bonchev–Trinajstić information content (AvgIpc) is 2.26. The fourth-order valence-electron chi connectivity index (χ4n) is 1.27. The highest BCUT2D eigenvalue weighted by atomic mass is 32.2. The number of halogens is 3. The number of carboxylic acid groups (broad SMARTS) is 1. The van der Waals surface area contributed by atoms with Crippen molar-refractivity contribution in [1.29, 1.82) is 0 Å². The maximum Gasteiger partial charge on any atom is 0.398 e. The molecule has 0 radical (unpaired) electrons. The largest absolute Gasteiger partial charge is 0.479 e. The first-order valence-corrected chi connectivity index (χ1v) is 5.96. The van der Waals surface area contributed by atoms with E-state index < -0.39 is 24.0 Å². The molecule has 1 rings (SSSR count). The van der Waals surface area contributed by atoms with Crippen LogP contribution in [0.25, 0.3) is 0 Å². The Balaban J connectivity index is 2.76. The van der Waals surface area contributed by atoms with Gasteiger partial charge in [-0.15, -0.1) is 11.8 Å². The zero-order valence-electron chi connectivity index (χ0n) is 9.15. The second-order valence-corrected chi connectivity index (χ2v) is 4.59. The number of carbonyl (C=O) groups is 1. The van der Waals surface area contributed by atoms with E-state index in [1.165, 1.54) is 12.1 Å². The SMILES string of the molecule is O=C(O)[C@@H](O)Cc1ccccc1SCC(F)(F)F. The predicted octanol–water partition coefficient (Wildman–Crippen LogP) is 2.33. The van der Waals surface area contributed by atoms with Crippen molar-refractivity contribution in [3.05, 3.63) is 29.8 Å². The summed E-state index contributed by atoms with van der Waals surface area (Å²) in [4.78, 5) is 10.8. The molecule has 0 bridgehead atoms. The van der Waals surface area contributed by atoms with Gasteiger partial charge in [-0.2, -0.15) is 13.2 Å². The number of hydrogen-bond donors (Lipinski definition) is 2. The molecule has 0 fully saturated rings. The summed E-state index contributed by atoms with van der Waals surface area (Å²) < 4.78 is 36.3. The highest BCUT2D eigenvalue weighted by Crippen LogP contribution is 2.30. The molecule has 0 saturated carbocycles. The van der Waals surface area contributed by atoms with Gasteiger partial charge in [0.05, 0.1) is 5.75 Å². The van der Waals surface area contributed by atoms with Crippen molar-refractivity contribution in [3.8, 4) is 0 Å². The zero-order chi connectivity index (χ0) is 13.8. The van der Waals surface area contributed by atoms with Crippen LogP contribution in [0.2, 0.25) is 0 Å². The maximum absolute atomic E-state index is 12.1. The molecule has 0 aliphatic carbocycles. The lowest BCUT2D eigenvalue weighted by Gasteiger charge is -2.12. The predicted molar refractivity (Wildman–Crippen MR) is 60.6 cm³/mol. The van der Waals surface area contributed by atoms with E-state index in [-0.39, 0.29) is 6.42 Å². The van der Waals surface area contributed by atoms with Crippen molar-refractivity contribution in [2.75, 3.05) is 5.75 Å². The minimum Gasteiger partial charge on any atom is -0.479 e. The first-order chi connectivity index (χ1) is 8.29. The van der Waals surface area contributed by atoms with Gasteiger partial charge in [-0.25, -0.2) is 4.79 Å². The van der Waals surface area contributed by atoms with E-state index in [0.29, 0.717) is 22.2 Å². The minimum atomic E-state index is -4.29. The fourth-order valence-corrected chi connectivity index (χ4v) is 2.10. The van der Waals surface area contributed by atoms with Crippen molar-refractivity contribution in [3.63, 3.8) is 0 Å². The molecule has 100 valence electrons. The summed E-state index contributed by atoms with van der Waals surface area (Å²) in [5.74, 6) is -2.45. The van der Waals surface area contributed by atoms with Crippen molar-refractivity contribution in [2.24, 2.45) is 0 Å². The van der Waals surface area contributed by atoms with Crippen LogP contribution in [0.4, 0.5) is 13.2 Å². The Labute approximate surface area is 106 Å². The molecule has 0 aromatic heterocycles. The molecular weight excluding hydrogens is 269 g/mol. The van der Waals surface area contributed by atoms with Gasteiger partial charge in [0.2, 0.25) is 0 Å². The normalized spacial score (nSPS) is 13.3. The van der Waals surface area contributed by atoms with Gasteiger partial charge in [-0.05, 0) is 11.6 Å². The van der Waals surface area contributed by atoms with Crippen molar-refractivity contribution in [1.82, 2.24) is 0 Å². The van der Waals surface area contributed by atoms with Gasteiger partial charge in [0, 0.05) is 11.3 Å². The second kappa shape index (κ2) is 6.10. The molecule has 0 amide bonds. The number of aliphatic hydroxyl groups is 1. The number of thioether (sulfide) groups is 1. The first kappa shape index (κ1) is 14.8. The van der Waals surface area contributed by atoms with E-state index in [9.17, 15) is 23.1 Å². The van der Waals surface area contributed by atoms with Crippen LogP contribution in [0.15, 0.2) is 29.2 Å². The van der Waals surface area contributed by atoms with E-state index in [2.05, 4.69) is 0 Å². The molecule has 0 saturated heterocycles. The van der Waals surface area contributed by atoms with Gasteiger partial charge in [0.25, 0.3) is 0 Å². The highest BCUT2D eigenvalue weighted by molar-refractivity contribution is 7.99. The summed E-state index contributed by atoms with van der Waals surface area (Å²) >= 11 is 0.579. The Morgan fingerprint density at radius 2 is 1.94 bits per heavy atom. The number of rotatable bonds is 5. The number of carboxylic acids is 1. The molecule has 0 aliphatic rings. The van der Waals surface area contributed by atoms with E-state index >= 15 is 0 Å². The van der Waals surface area contributed by atoms with Crippen molar-refractivity contribution >= 4 is 17.7 Å². The zero-order valence-corrected chi connectivity index (χ0v) is 9.96. The van der Waals surface area contributed by atoms with E-state index in [4.69, 9.17) is 5.11 Å². The molecule has 18 heavy (non-hydrogen) atoms. The third-order valence-electron chi connectivity index (χ3n) is 2.06. The van der Waals surface area contributed by atoms with Crippen LogP contribution in [0.3, 0.4) is 0 Å². The van der Waals surface area contributed by atoms with E-state index in [1.54, 1.807) is 12.1 Å². The number of hydrogen-bond acceptors (Lipinski definition) is 3. The summed E-state index contributed by atoms with van der Waals surface area (Å²) in [6.45, 7) is 0. The summed E-state index contributed by atoms with van der Waals surface area (Å²) in [6.07, 6.45) is -6.11. The second-order valence-electron chi connectivity index (χ2n) is 3.57. The molecular formula is C11H11F3O3S. The standard InChI is InChI=1S/C11H11F3O3S/c12-11(13,14)6-18-9-4-2-1-3-7(9)5-8(15)10(16)17/h1-4,8,15H,5-6H2,(H,16,17)/t8-/m0/s1. The molecule has 1 aromatic rings. The maximum atomic E-state index is 12.1. The van der Waals surface area contributed by atoms with Crippen LogP contribution in [0.5, 0.6) is 0 Å². The molecule has 3 nitrogen and oxygen atoms in total. The van der Waals surface area contributed by atoms with Crippen LogP contribution < -0.4 is 0 Å². The van der Waals surface area contributed by atoms with Gasteiger partial charge in [0.15, 0.2) is 6.10 Å². The Morgan fingerprint density at radius 1 is 1.33 bits per heavy atom. The van der Waals surface area contributed by atoms with Gasteiger partial charge >= 0.3 is 12.1 Å². The van der Waals surface area contributed by atoms with E-state index in [1.807, 2.05) is 0 Å². The fraction of sp³-hybridized carbons (Fsp3) is 0.364. The van der Waals surface area contributed by atoms with Crippen LogP contribution >= 0.6 is 11.8 Å². The van der Waals surface area contributed by atoms with Gasteiger partial charge < -0.3 is 10.2 Å². The Kier molecular flexibility index (Phi) is 5.03. The Morgan fingerprint density at radius 3 is 2.50 bits per heavy atom. The lowest BCUT2D eigenvalue weighted by Crippen LogP contribution is -2.22. The van der Waals surface area contributed by atoms with Crippen LogP contribution in [-0.2, 0) is 11.2 Å². The smallest absolute Gasteiger partial charge is 0.398 e. The number of aliphatic hydroxyl groups excluding tert-OH is 1. The molecule has 7 heteroatoms. The summed E-state index contributed by atoms with van der Waals surface area (Å²) in [7, 11) is 0. The lowest BCUT2D eigenvalue weighted by molar-refractivity contribution is -0.146. The third-order valence-corrected chi connectivity index (χ3v) is 3.24. The van der Waals surface area contributed by atoms with E-state index in [0.717, 1.165) is 0 Å². The molecule has 0 aliphatic heterocycles. The summed E-state index contributed by atoms with van der Waals surface area (Å²) in [5.41, 5.74) is 0.390. The number of aliphatic carboxylic acids is 1. The molecule has 0 heterocycles. The van der Waals surface area contributed by atoms with Gasteiger partial charge in [-0.3, -0.25) is 0 Å². The molecule has 1 aromatic carbocycles. The quantitative estimate of drug-likeness (QED) is 0.813. The van der Waals surface area contributed by atoms with Gasteiger partial charge in [-0.1, -0.05) is 18.2 Å². The van der Waals surface area contributed by atoms with Gasteiger partial charge in [0.1, 0.15) is 0 Å². The number of benzene rings is 1. The Hall–Kier alpha value is -1.21. The topological polar surface area (TPSA) is 57.5 Å². The first-order valence-electron chi connectivity index (χ1n) is 4.98. The van der Waals surface area contributed by atoms with Crippen LogP contribution in [0.1, 0.15) is 5.56 Å². The third kappa shape index (κ3) is 4.97. The van der Waals surface area contributed by atoms with Crippen LogP contribution in [0, 0.1) is 0 Å². The summed E-state index contributed by atoms with van der Waals surface area (Å²) in [6, 6.07) is 6.13. The monoisotopic (exact) mass is 280 g/mol. The molecule has 0 unspecified atom stereocenters. The Bertz CT molecular complexity index is 420. The molecule has 1 atom stereocenters. The summed E-state index contributed by atoms with van der Waals surface area (Å²) in [5, 5.41) is 17.8. The minimum absolute atomic E-state index is 0.212. The van der Waals surface area contributed by atoms with Crippen LogP contribution in [-0.4, -0.2) is 34.2 Å².